The predicted octanol–water partition coefficient (Wildman–Crippen LogP) is 2.95. The van der Waals surface area contributed by atoms with Crippen molar-refractivity contribution in [3.63, 3.8) is 0 Å². The highest BCUT2D eigenvalue weighted by molar-refractivity contribution is 7.89. The summed E-state index contributed by atoms with van der Waals surface area (Å²) in [5.41, 5.74) is 0.770. The molecule has 0 fully saturated rings. The van der Waals surface area contributed by atoms with Crippen LogP contribution in [0.2, 0.25) is 0 Å². The predicted molar refractivity (Wildman–Crippen MR) is 114 cm³/mol. The van der Waals surface area contributed by atoms with Gasteiger partial charge >= 0.3 is 0 Å². The number of benzene rings is 2. The largest absolute Gasteiger partial charge is 0.486 e. The van der Waals surface area contributed by atoms with Crippen molar-refractivity contribution in [2.75, 3.05) is 19.8 Å². The fourth-order valence-corrected chi connectivity index (χ4v) is 4.79. The molecule has 3 rings (SSSR count). The first-order chi connectivity index (χ1) is 14.7. The monoisotopic (exact) mass is 450 g/mol. The molecule has 0 saturated carbocycles. The fourth-order valence-electron chi connectivity index (χ4n) is 3.37. The van der Waals surface area contributed by atoms with Crippen molar-refractivity contribution in [3.8, 4) is 11.5 Å². The van der Waals surface area contributed by atoms with Gasteiger partial charge in [-0.3, -0.25) is 4.79 Å². The number of nitrogens with zero attached hydrogens (tertiary/aromatic N) is 1. The number of amides is 1. The maximum absolute atomic E-state index is 14.1. The summed E-state index contributed by atoms with van der Waals surface area (Å²) in [6, 6.07) is 9.49. The number of carbonyl (C=O) groups excluding carboxylic acids is 1. The average Bonchev–Trinajstić information content (AvgIpc) is 2.75. The van der Waals surface area contributed by atoms with Crippen molar-refractivity contribution in [1.29, 1.82) is 0 Å². The molecule has 0 bridgehead atoms. The minimum atomic E-state index is -4.23. The molecule has 1 aliphatic heterocycles. The number of para-hydroxylation sites is 1. The Labute approximate surface area is 182 Å². The van der Waals surface area contributed by atoms with Crippen LogP contribution in [-0.2, 0) is 21.4 Å². The van der Waals surface area contributed by atoms with E-state index >= 15 is 0 Å². The molecule has 1 heterocycles. The Balaban J connectivity index is 1.84. The molecule has 0 unspecified atom stereocenters. The van der Waals surface area contributed by atoms with Gasteiger partial charge in [-0.25, -0.2) is 12.8 Å². The van der Waals surface area contributed by atoms with Crippen molar-refractivity contribution in [1.82, 2.24) is 9.62 Å². The SMILES string of the molecule is CCN(Cc1cccc2c1OCCO2)C(=O)[C@@H](NS(=O)(=O)c1ccccc1F)C(C)C. The highest BCUT2D eigenvalue weighted by Gasteiger charge is 2.33. The number of halogens is 1. The molecule has 2 aromatic rings. The molecule has 168 valence electrons. The van der Waals surface area contributed by atoms with Gasteiger partial charge in [0, 0.05) is 18.7 Å². The van der Waals surface area contributed by atoms with Gasteiger partial charge in [0.15, 0.2) is 11.5 Å². The van der Waals surface area contributed by atoms with Crippen LogP contribution in [-0.4, -0.2) is 45.0 Å². The van der Waals surface area contributed by atoms with E-state index in [4.69, 9.17) is 9.47 Å². The molecule has 0 saturated heterocycles. The first-order valence-corrected chi connectivity index (χ1v) is 11.7. The fraction of sp³-hybridized carbons (Fsp3) is 0.409. The van der Waals surface area contributed by atoms with E-state index in [9.17, 15) is 17.6 Å². The second-order valence-corrected chi connectivity index (χ2v) is 9.25. The zero-order chi connectivity index (χ0) is 22.6. The molecular weight excluding hydrogens is 423 g/mol. The Morgan fingerprint density at radius 3 is 2.52 bits per heavy atom. The number of ether oxygens (including phenoxy) is 2. The molecular formula is C22H27FN2O5S. The summed E-state index contributed by atoms with van der Waals surface area (Å²) >= 11 is 0. The number of fused-ring (bicyclic) bond motifs is 1. The molecule has 31 heavy (non-hydrogen) atoms. The molecule has 0 spiro atoms. The molecule has 1 atom stereocenters. The average molecular weight is 451 g/mol. The van der Waals surface area contributed by atoms with Crippen LogP contribution in [0.4, 0.5) is 4.39 Å². The minimum Gasteiger partial charge on any atom is -0.486 e. The summed E-state index contributed by atoms with van der Waals surface area (Å²) in [6.07, 6.45) is 0. The van der Waals surface area contributed by atoms with Crippen LogP contribution in [0.15, 0.2) is 47.4 Å². The Kier molecular flexibility index (Phi) is 7.17. The standard InChI is InChI=1S/C22H27FN2O5S/c1-4-25(14-16-8-7-10-18-21(16)30-13-12-29-18)22(26)20(15(2)3)24-31(27,28)19-11-6-5-9-17(19)23/h5-11,15,20,24H,4,12-14H2,1-3H3/t20-/m0/s1. The summed E-state index contributed by atoms with van der Waals surface area (Å²) in [6.45, 7) is 6.75. The van der Waals surface area contributed by atoms with Gasteiger partial charge in [-0.05, 0) is 31.0 Å². The lowest BCUT2D eigenvalue weighted by Crippen LogP contribution is -2.51. The molecule has 7 nitrogen and oxygen atoms in total. The van der Waals surface area contributed by atoms with E-state index in [2.05, 4.69) is 4.72 Å². The van der Waals surface area contributed by atoms with Gasteiger partial charge in [0.1, 0.15) is 30.0 Å². The van der Waals surface area contributed by atoms with Crippen LogP contribution in [0.3, 0.4) is 0 Å². The smallest absolute Gasteiger partial charge is 0.244 e. The maximum atomic E-state index is 14.1. The van der Waals surface area contributed by atoms with Crippen molar-refractivity contribution in [2.45, 2.75) is 38.3 Å². The van der Waals surface area contributed by atoms with Gasteiger partial charge in [-0.2, -0.15) is 4.72 Å². The highest BCUT2D eigenvalue weighted by atomic mass is 32.2. The topological polar surface area (TPSA) is 84.9 Å². The Morgan fingerprint density at radius 1 is 1.13 bits per heavy atom. The number of carbonyl (C=O) groups is 1. The van der Waals surface area contributed by atoms with Gasteiger partial charge in [-0.1, -0.05) is 38.1 Å². The van der Waals surface area contributed by atoms with E-state index in [1.165, 1.54) is 18.2 Å². The van der Waals surface area contributed by atoms with Crippen molar-refractivity contribution >= 4 is 15.9 Å². The highest BCUT2D eigenvalue weighted by Crippen LogP contribution is 2.34. The molecule has 0 aromatic heterocycles. The summed E-state index contributed by atoms with van der Waals surface area (Å²) in [5, 5.41) is 0. The molecule has 1 N–H and O–H groups in total. The van der Waals surface area contributed by atoms with Crippen LogP contribution in [0.5, 0.6) is 11.5 Å². The molecule has 9 heteroatoms. The Bertz CT molecular complexity index is 1040. The minimum absolute atomic E-state index is 0.229. The number of rotatable bonds is 8. The van der Waals surface area contributed by atoms with Crippen LogP contribution >= 0.6 is 0 Å². The van der Waals surface area contributed by atoms with Crippen LogP contribution in [0.1, 0.15) is 26.3 Å². The third kappa shape index (κ3) is 5.16. The second kappa shape index (κ2) is 9.65. The lowest BCUT2D eigenvalue weighted by atomic mass is 10.0. The van der Waals surface area contributed by atoms with Crippen molar-refractivity contribution in [3.05, 3.63) is 53.8 Å². The Morgan fingerprint density at radius 2 is 1.84 bits per heavy atom. The lowest BCUT2D eigenvalue weighted by molar-refractivity contribution is -0.134. The summed E-state index contributed by atoms with van der Waals surface area (Å²) in [7, 11) is -4.23. The summed E-state index contributed by atoms with van der Waals surface area (Å²) in [5.74, 6) is -0.412. The number of hydrogen-bond acceptors (Lipinski definition) is 5. The van der Waals surface area contributed by atoms with Gasteiger partial charge < -0.3 is 14.4 Å². The summed E-state index contributed by atoms with van der Waals surface area (Å²) < 4.78 is 53.3. The van der Waals surface area contributed by atoms with E-state index in [-0.39, 0.29) is 12.5 Å². The zero-order valence-electron chi connectivity index (χ0n) is 17.8. The maximum Gasteiger partial charge on any atom is 0.244 e. The van der Waals surface area contributed by atoms with E-state index in [0.717, 1.165) is 11.6 Å². The van der Waals surface area contributed by atoms with Crippen LogP contribution in [0, 0.1) is 11.7 Å². The molecule has 1 amide bonds. The third-order valence-electron chi connectivity index (χ3n) is 5.04. The number of hydrogen-bond donors (Lipinski definition) is 1. The number of nitrogens with one attached hydrogen (secondary N) is 1. The second-order valence-electron chi connectivity index (χ2n) is 7.57. The normalized spacial score (nSPS) is 14.4. The van der Waals surface area contributed by atoms with E-state index in [1.54, 1.807) is 24.8 Å². The van der Waals surface area contributed by atoms with Crippen molar-refractivity contribution < 1.29 is 27.1 Å². The molecule has 0 aliphatic carbocycles. The van der Waals surface area contributed by atoms with Crippen LogP contribution < -0.4 is 14.2 Å². The van der Waals surface area contributed by atoms with Crippen LogP contribution in [0.25, 0.3) is 0 Å². The van der Waals surface area contributed by atoms with Gasteiger partial charge in [-0.15, -0.1) is 0 Å². The van der Waals surface area contributed by atoms with Gasteiger partial charge in [0.25, 0.3) is 0 Å². The first kappa shape index (κ1) is 23.0. The zero-order valence-corrected chi connectivity index (χ0v) is 18.6. The first-order valence-electron chi connectivity index (χ1n) is 10.2. The van der Waals surface area contributed by atoms with E-state index in [0.29, 0.717) is 31.3 Å². The van der Waals surface area contributed by atoms with E-state index < -0.39 is 32.7 Å². The molecule has 0 radical (unpaired) electrons. The Hall–Kier alpha value is -2.65. The third-order valence-corrected chi connectivity index (χ3v) is 6.52. The number of sulfonamides is 1. The van der Waals surface area contributed by atoms with Gasteiger partial charge in [0.2, 0.25) is 15.9 Å². The summed E-state index contributed by atoms with van der Waals surface area (Å²) in [4.78, 5) is 14.4. The lowest BCUT2D eigenvalue weighted by Gasteiger charge is -2.30. The molecule has 1 aliphatic rings. The quantitative estimate of drug-likeness (QED) is 0.669. The number of likely N-dealkylation sites (N-methyl/N-ethyl adjacent to an activating group) is 1. The van der Waals surface area contributed by atoms with Crippen molar-refractivity contribution in [2.24, 2.45) is 5.92 Å². The van der Waals surface area contributed by atoms with Gasteiger partial charge in [0.05, 0.1) is 0 Å². The van der Waals surface area contributed by atoms with E-state index in [1.807, 2.05) is 19.1 Å². The molecule has 2 aromatic carbocycles.